The highest BCUT2D eigenvalue weighted by molar-refractivity contribution is 5.18. The Morgan fingerprint density at radius 2 is 1.80 bits per heavy atom. The summed E-state index contributed by atoms with van der Waals surface area (Å²) >= 11 is 0. The smallest absolute Gasteiger partial charge is 0.0294 e. The first-order valence-corrected chi connectivity index (χ1v) is 6.08. The SMILES string of the molecule is CCCC(CC)N[C@@H](C)c1ccccc1. The highest BCUT2D eigenvalue weighted by Gasteiger charge is 2.10. The van der Waals surface area contributed by atoms with Crippen molar-refractivity contribution in [2.24, 2.45) is 0 Å². The summed E-state index contributed by atoms with van der Waals surface area (Å²) in [4.78, 5) is 0. The quantitative estimate of drug-likeness (QED) is 0.742. The topological polar surface area (TPSA) is 12.0 Å². The van der Waals surface area contributed by atoms with Crippen LogP contribution in [0.15, 0.2) is 30.3 Å². The second kappa shape index (κ2) is 6.62. The summed E-state index contributed by atoms with van der Waals surface area (Å²) in [5.41, 5.74) is 1.38. The molecule has 0 spiro atoms. The molecule has 1 unspecified atom stereocenters. The molecule has 1 nitrogen and oxygen atoms in total. The molecule has 0 amide bonds. The maximum Gasteiger partial charge on any atom is 0.0294 e. The van der Waals surface area contributed by atoms with Gasteiger partial charge in [0, 0.05) is 12.1 Å². The summed E-state index contributed by atoms with van der Waals surface area (Å²) in [6.07, 6.45) is 3.74. The Morgan fingerprint density at radius 1 is 1.13 bits per heavy atom. The minimum absolute atomic E-state index is 0.461. The van der Waals surface area contributed by atoms with Crippen molar-refractivity contribution in [1.29, 1.82) is 0 Å². The summed E-state index contributed by atoms with van der Waals surface area (Å²) in [7, 11) is 0. The van der Waals surface area contributed by atoms with Crippen LogP contribution in [0.4, 0.5) is 0 Å². The summed E-state index contributed by atoms with van der Waals surface area (Å²) in [6, 6.07) is 11.8. The Morgan fingerprint density at radius 3 is 2.33 bits per heavy atom. The van der Waals surface area contributed by atoms with E-state index >= 15 is 0 Å². The van der Waals surface area contributed by atoms with Crippen LogP contribution in [0.25, 0.3) is 0 Å². The summed E-state index contributed by atoms with van der Waals surface area (Å²) < 4.78 is 0. The molecule has 0 saturated heterocycles. The summed E-state index contributed by atoms with van der Waals surface area (Å²) in [5, 5.41) is 3.68. The number of hydrogen-bond donors (Lipinski definition) is 1. The third-order valence-electron chi connectivity index (χ3n) is 2.92. The van der Waals surface area contributed by atoms with Crippen LogP contribution >= 0.6 is 0 Å². The Balaban J connectivity index is 2.50. The van der Waals surface area contributed by atoms with Crippen LogP contribution in [0.1, 0.15) is 51.6 Å². The van der Waals surface area contributed by atoms with Crippen molar-refractivity contribution in [2.45, 2.75) is 52.1 Å². The molecule has 0 aliphatic carbocycles. The maximum atomic E-state index is 3.68. The molecule has 84 valence electrons. The first-order valence-electron chi connectivity index (χ1n) is 6.08. The first kappa shape index (κ1) is 12.3. The van der Waals surface area contributed by atoms with Gasteiger partial charge in [-0.05, 0) is 25.3 Å². The van der Waals surface area contributed by atoms with E-state index in [1.165, 1.54) is 24.8 Å². The lowest BCUT2D eigenvalue weighted by atomic mass is 10.0. The molecule has 15 heavy (non-hydrogen) atoms. The molecule has 0 aromatic heterocycles. The fraction of sp³-hybridized carbons (Fsp3) is 0.571. The highest BCUT2D eigenvalue weighted by atomic mass is 14.9. The van der Waals surface area contributed by atoms with Gasteiger partial charge < -0.3 is 5.32 Å². The average molecular weight is 205 g/mol. The van der Waals surface area contributed by atoms with Crippen LogP contribution in [0.5, 0.6) is 0 Å². The first-order chi connectivity index (χ1) is 7.27. The molecule has 1 rings (SSSR count). The number of nitrogens with one attached hydrogen (secondary N) is 1. The van der Waals surface area contributed by atoms with Crippen LogP contribution in [-0.2, 0) is 0 Å². The fourth-order valence-electron chi connectivity index (χ4n) is 1.95. The Kier molecular flexibility index (Phi) is 5.41. The van der Waals surface area contributed by atoms with Gasteiger partial charge in [-0.25, -0.2) is 0 Å². The molecule has 0 saturated carbocycles. The van der Waals surface area contributed by atoms with Gasteiger partial charge in [0.1, 0.15) is 0 Å². The van der Waals surface area contributed by atoms with Gasteiger partial charge >= 0.3 is 0 Å². The van der Waals surface area contributed by atoms with E-state index in [0.717, 1.165) is 0 Å². The largest absolute Gasteiger partial charge is 0.307 e. The van der Waals surface area contributed by atoms with Gasteiger partial charge in [-0.1, -0.05) is 50.6 Å². The second-order valence-electron chi connectivity index (χ2n) is 4.19. The van der Waals surface area contributed by atoms with Crippen molar-refractivity contribution >= 4 is 0 Å². The van der Waals surface area contributed by atoms with Gasteiger partial charge in [-0.2, -0.15) is 0 Å². The molecule has 0 radical (unpaired) electrons. The van der Waals surface area contributed by atoms with Crippen molar-refractivity contribution in [1.82, 2.24) is 5.32 Å². The fourth-order valence-corrected chi connectivity index (χ4v) is 1.95. The van der Waals surface area contributed by atoms with Gasteiger partial charge in [0.05, 0.1) is 0 Å². The molecule has 0 heterocycles. The standard InChI is InChI=1S/C14H23N/c1-4-9-14(5-2)15-12(3)13-10-7-6-8-11-13/h6-8,10-12,14-15H,4-5,9H2,1-3H3/t12-,14?/m0/s1. The number of rotatable bonds is 6. The Bertz CT molecular complexity index is 255. The molecule has 1 aromatic carbocycles. The number of benzene rings is 1. The molecule has 1 N–H and O–H groups in total. The molecule has 1 heteroatoms. The molecule has 0 aliphatic heterocycles. The van der Waals surface area contributed by atoms with Crippen LogP contribution in [0.3, 0.4) is 0 Å². The summed E-state index contributed by atoms with van der Waals surface area (Å²) in [6.45, 7) is 6.75. The van der Waals surface area contributed by atoms with Gasteiger partial charge in [0.2, 0.25) is 0 Å². The third-order valence-corrected chi connectivity index (χ3v) is 2.92. The zero-order valence-corrected chi connectivity index (χ0v) is 10.2. The summed E-state index contributed by atoms with van der Waals surface area (Å²) in [5.74, 6) is 0. The highest BCUT2D eigenvalue weighted by Crippen LogP contribution is 2.14. The van der Waals surface area contributed by atoms with E-state index in [9.17, 15) is 0 Å². The van der Waals surface area contributed by atoms with E-state index < -0.39 is 0 Å². The van der Waals surface area contributed by atoms with Crippen LogP contribution < -0.4 is 5.32 Å². The van der Waals surface area contributed by atoms with Crippen molar-refractivity contribution < 1.29 is 0 Å². The monoisotopic (exact) mass is 205 g/mol. The predicted molar refractivity (Wildman–Crippen MR) is 67.0 cm³/mol. The molecule has 0 bridgehead atoms. The molecule has 0 aliphatic rings. The minimum Gasteiger partial charge on any atom is -0.307 e. The lowest BCUT2D eigenvalue weighted by Gasteiger charge is -2.22. The van der Waals surface area contributed by atoms with E-state index in [2.05, 4.69) is 56.4 Å². The van der Waals surface area contributed by atoms with Gasteiger partial charge in [0.15, 0.2) is 0 Å². The lowest BCUT2D eigenvalue weighted by molar-refractivity contribution is 0.417. The Hall–Kier alpha value is -0.820. The van der Waals surface area contributed by atoms with Gasteiger partial charge in [0.25, 0.3) is 0 Å². The van der Waals surface area contributed by atoms with E-state index in [-0.39, 0.29) is 0 Å². The van der Waals surface area contributed by atoms with Crippen molar-refractivity contribution in [3.8, 4) is 0 Å². The second-order valence-corrected chi connectivity index (χ2v) is 4.19. The lowest BCUT2D eigenvalue weighted by Crippen LogP contribution is -2.30. The van der Waals surface area contributed by atoms with Crippen LogP contribution in [-0.4, -0.2) is 6.04 Å². The van der Waals surface area contributed by atoms with E-state index in [4.69, 9.17) is 0 Å². The molecular weight excluding hydrogens is 182 g/mol. The van der Waals surface area contributed by atoms with Crippen molar-refractivity contribution in [3.05, 3.63) is 35.9 Å². The maximum absolute atomic E-state index is 3.68. The average Bonchev–Trinajstić information content (AvgIpc) is 2.29. The van der Waals surface area contributed by atoms with Crippen molar-refractivity contribution in [3.63, 3.8) is 0 Å². The molecule has 1 aromatic rings. The van der Waals surface area contributed by atoms with E-state index in [1.807, 2.05) is 0 Å². The van der Waals surface area contributed by atoms with E-state index in [1.54, 1.807) is 0 Å². The third kappa shape index (κ3) is 4.05. The zero-order chi connectivity index (χ0) is 11.1. The molecule has 0 fully saturated rings. The van der Waals surface area contributed by atoms with E-state index in [0.29, 0.717) is 12.1 Å². The minimum atomic E-state index is 0.461. The Labute approximate surface area is 93.9 Å². The van der Waals surface area contributed by atoms with Crippen LogP contribution in [0.2, 0.25) is 0 Å². The molecular formula is C14H23N. The normalized spacial score (nSPS) is 14.9. The predicted octanol–water partition coefficient (Wildman–Crippen LogP) is 3.92. The van der Waals surface area contributed by atoms with Crippen molar-refractivity contribution in [2.75, 3.05) is 0 Å². The van der Waals surface area contributed by atoms with Crippen LogP contribution in [0, 0.1) is 0 Å². The molecule has 2 atom stereocenters. The van der Waals surface area contributed by atoms with Gasteiger partial charge in [-0.15, -0.1) is 0 Å². The van der Waals surface area contributed by atoms with Gasteiger partial charge in [-0.3, -0.25) is 0 Å². The zero-order valence-electron chi connectivity index (χ0n) is 10.2. The number of hydrogen-bond acceptors (Lipinski definition) is 1.